The van der Waals surface area contributed by atoms with Crippen molar-refractivity contribution in [1.29, 1.82) is 0 Å². The van der Waals surface area contributed by atoms with E-state index < -0.39 is 5.91 Å². The van der Waals surface area contributed by atoms with Gasteiger partial charge in [0.15, 0.2) is 0 Å². The van der Waals surface area contributed by atoms with Gasteiger partial charge in [-0.3, -0.25) is 4.79 Å². The molecule has 1 aromatic rings. The molecule has 1 aliphatic heterocycles. The van der Waals surface area contributed by atoms with Crippen LogP contribution in [0.3, 0.4) is 0 Å². The number of nitrogens with two attached hydrogens (primary N) is 2. The molecule has 1 fully saturated rings. The Morgan fingerprint density at radius 3 is 2.50 bits per heavy atom. The second kappa shape index (κ2) is 4.43. The molecule has 0 spiro atoms. The predicted molar refractivity (Wildman–Crippen MR) is 65.4 cm³/mol. The number of anilines is 2. The lowest BCUT2D eigenvalue weighted by molar-refractivity contribution is 0.100. The molecule has 1 heterocycles. The number of amides is 1. The number of rotatable bonds is 2. The summed E-state index contributed by atoms with van der Waals surface area (Å²) in [4.78, 5) is 13.5. The van der Waals surface area contributed by atoms with Crippen LogP contribution in [0.2, 0.25) is 0 Å². The molecule has 4 heteroatoms. The molecule has 0 saturated carbocycles. The third-order valence-electron chi connectivity index (χ3n) is 3.02. The van der Waals surface area contributed by atoms with Crippen molar-refractivity contribution < 1.29 is 4.79 Å². The first-order valence-electron chi connectivity index (χ1n) is 5.63. The van der Waals surface area contributed by atoms with Gasteiger partial charge in [-0.1, -0.05) is 0 Å². The van der Waals surface area contributed by atoms with Crippen molar-refractivity contribution in [2.45, 2.75) is 19.3 Å². The summed E-state index contributed by atoms with van der Waals surface area (Å²) in [6.07, 6.45) is 3.70. The molecule has 1 saturated heterocycles. The van der Waals surface area contributed by atoms with E-state index in [1.54, 1.807) is 12.1 Å². The number of carbonyl (C=O) groups is 1. The van der Waals surface area contributed by atoms with Crippen molar-refractivity contribution >= 4 is 17.3 Å². The lowest BCUT2D eigenvalue weighted by Gasteiger charge is -2.29. The molecule has 0 aromatic heterocycles. The Balaban J connectivity index is 2.27. The Morgan fingerprint density at radius 2 is 1.88 bits per heavy atom. The minimum absolute atomic E-state index is 0.420. The molecule has 86 valence electrons. The van der Waals surface area contributed by atoms with Crippen molar-refractivity contribution in [2.24, 2.45) is 5.73 Å². The van der Waals surface area contributed by atoms with E-state index >= 15 is 0 Å². The topological polar surface area (TPSA) is 72.4 Å². The zero-order valence-corrected chi connectivity index (χ0v) is 9.28. The van der Waals surface area contributed by atoms with Crippen LogP contribution < -0.4 is 16.4 Å². The Morgan fingerprint density at radius 1 is 1.19 bits per heavy atom. The van der Waals surface area contributed by atoms with Crippen LogP contribution in [0, 0.1) is 0 Å². The summed E-state index contributed by atoms with van der Waals surface area (Å²) in [5, 5.41) is 0. The van der Waals surface area contributed by atoms with Crippen molar-refractivity contribution in [3.8, 4) is 0 Å². The van der Waals surface area contributed by atoms with Gasteiger partial charge in [0.05, 0.1) is 5.56 Å². The first-order valence-corrected chi connectivity index (χ1v) is 5.63. The van der Waals surface area contributed by atoms with Gasteiger partial charge in [0.2, 0.25) is 0 Å². The van der Waals surface area contributed by atoms with Crippen molar-refractivity contribution in [2.75, 3.05) is 23.7 Å². The molecular formula is C12H17N3O. The summed E-state index contributed by atoms with van der Waals surface area (Å²) in [5.41, 5.74) is 12.9. The number of primary amides is 1. The molecule has 0 aliphatic carbocycles. The monoisotopic (exact) mass is 219 g/mol. The van der Waals surface area contributed by atoms with E-state index in [1.807, 2.05) is 6.07 Å². The highest BCUT2D eigenvalue weighted by atomic mass is 16.1. The standard InChI is InChI=1S/C12H17N3O/c13-11-5-4-9(8-10(11)12(14)16)15-6-2-1-3-7-15/h4-5,8H,1-3,6-7,13H2,(H2,14,16). The normalized spacial score (nSPS) is 16.1. The first-order chi connectivity index (χ1) is 7.68. The Hall–Kier alpha value is -1.71. The number of hydrogen-bond donors (Lipinski definition) is 2. The van der Waals surface area contributed by atoms with E-state index in [0.717, 1.165) is 18.8 Å². The van der Waals surface area contributed by atoms with E-state index in [9.17, 15) is 4.79 Å². The van der Waals surface area contributed by atoms with Crippen LogP contribution in [0.1, 0.15) is 29.6 Å². The number of carbonyl (C=O) groups excluding carboxylic acids is 1. The third kappa shape index (κ3) is 2.10. The van der Waals surface area contributed by atoms with Gasteiger partial charge in [0.1, 0.15) is 0 Å². The van der Waals surface area contributed by atoms with Gasteiger partial charge in [0, 0.05) is 24.5 Å². The van der Waals surface area contributed by atoms with Crippen molar-refractivity contribution in [1.82, 2.24) is 0 Å². The van der Waals surface area contributed by atoms with Gasteiger partial charge in [-0.2, -0.15) is 0 Å². The summed E-state index contributed by atoms with van der Waals surface area (Å²) in [7, 11) is 0. The smallest absolute Gasteiger partial charge is 0.250 e. The second-order valence-electron chi connectivity index (χ2n) is 4.18. The van der Waals surface area contributed by atoms with E-state index in [-0.39, 0.29) is 0 Å². The van der Waals surface area contributed by atoms with E-state index in [0.29, 0.717) is 11.3 Å². The van der Waals surface area contributed by atoms with Crippen LogP contribution in [-0.4, -0.2) is 19.0 Å². The van der Waals surface area contributed by atoms with Gasteiger partial charge < -0.3 is 16.4 Å². The highest BCUT2D eigenvalue weighted by Crippen LogP contribution is 2.23. The Kier molecular flexibility index (Phi) is 2.99. The van der Waals surface area contributed by atoms with Crippen LogP contribution in [0.5, 0.6) is 0 Å². The molecule has 0 unspecified atom stereocenters. The lowest BCUT2D eigenvalue weighted by Crippen LogP contribution is -2.29. The van der Waals surface area contributed by atoms with Crippen LogP contribution in [0.4, 0.5) is 11.4 Å². The predicted octanol–water partition coefficient (Wildman–Crippen LogP) is 1.36. The van der Waals surface area contributed by atoms with Crippen molar-refractivity contribution in [3.05, 3.63) is 23.8 Å². The van der Waals surface area contributed by atoms with E-state index in [1.165, 1.54) is 19.3 Å². The Labute approximate surface area is 95.2 Å². The molecule has 0 bridgehead atoms. The maximum atomic E-state index is 11.2. The molecule has 2 rings (SSSR count). The summed E-state index contributed by atoms with van der Waals surface area (Å²) in [5.74, 6) is -0.462. The summed E-state index contributed by atoms with van der Waals surface area (Å²) in [6.45, 7) is 2.09. The summed E-state index contributed by atoms with van der Waals surface area (Å²) < 4.78 is 0. The van der Waals surface area contributed by atoms with Gasteiger partial charge in [-0.15, -0.1) is 0 Å². The van der Waals surface area contributed by atoms with E-state index in [2.05, 4.69) is 4.90 Å². The summed E-state index contributed by atoms with van der Waals surface area (Å²) >= 11 is 0. The maximum absolute atomic E-state index is 11.2. The molecule has 0 radical (unpaired) electrons. The largest absolute Gasteiger partial charge is 0.398 e. The van der Waals surface area contributed by atoms with Crippen molar-refractivity contribution in [3.63, 3.8) is 0 Å². The lowest BCUT2D eigenvalue weighted by atomic mass is 10.1. The maximum Gasteiger partial charge on any atom is 0.250 e. The first kappa shape index (κ1) is 10.8. The molecule has 1 aliphatic rings. The molecule has 16 heavy (non-hydrogen) atoms. The minimum atomic E-state index is -0.462. The fourth-order valence-electron chi connectivity index (χ4n) is 2.11. The summed E-state index contributed by atoms with van der Waals surface area (Å²) in [6, 6.07) is 5.50. The number of benzene rings is 1. The SMILES string of the molecule is NC(=O)c1cc(N2CCCCC2)ccc1N. The second-order valence-corrected chi connectivity index (χ2v) is 4.18. The number of piperidine rings is 1. The zero-order valence-electron chi connectivity index (χ0n) is 9.28. The highest BCUT2D eigenvalue weighted by Gasteiger charge is 2.13. The van der Waals surface area contributed by atoms with Crippen LogP contribution in [0.25, 0.3) is 0 Å². The molecule has 0 atom stereocenters. The fourth-order valence-corrected chi connectivity index (χ4v) is 2.11. The molecule has 1 aromatic carbocycles. The van der Waals surface area contributed by atoms with Gasteiger partial charge in [-0.25, -0.2) is 0 Å². The minimum Gasteiger partial charge on any atom is -0.398 e. The zero-order chi connectivity index (χ0) is 11.5. The Bertz CT molecular complexity index is 397. The van der Waals surface area contributed by atoms with Gasteiger partial charge in [0.25, 0.3) is 5.91 Å². The molecular weight excluding hydrogens is 202 g/mol. The average Bonchev–Trinajstić information content (AvgIpc) is 2.30. The number of nitrogens with zero attached hydrogens (tertiary/aromatic N) is 1. The highest BCUT2D eigenvalue weighted by molar-refractivity contribution is 5.99. The molecule has 4 N–H and O–H groups in total. The van der Waals surface area contributed by atoms with Gasteiger partial charge >= 0.3 is 0 Å². The van der Waals surface area contributed by atoms with Gasteiger partial charge in [-0.05, 0) is 37.5 Å². The molecule has 4 nitrogen and oxygen atoms in total. The fraction of sp³-hybridized carbons (Fsp3) is 0.417. The van der Waals surface area contributed by atoms with Crippen LogP contribution in [-0.2, 0) is 0 Å². The van der Waals surface area contributed by atoms with E-state index in [4.69, 9.17) is 11.5 Å². The van der Waals surface area contributed by atoms with Crippen LogP contribution >= 0.6 is 0 Å². The third-order valence-corrected chi connectivity index (χ3v) is 3.02. The number of hydrogen-bond acceptors (Lipinski definition) is 3. The van der Waals surface area contributed by atoms with Crippen LogP contribution in [0.15, 0.2) is 18.2 Å². The quantitative estimate of drug-likeness (QED) is 0.738. The average molecular weight is 219 g/mol. The number of nitrogen functional groups attached to an aromatic ring is 1. The molecule has 1 amide bonds.